The van der Waals surface area contributed by atoms with Crippen LogP contribution in [0.5, 0.6) is 0 Å². The molecule has 0 aliphatic heterocycles. The fourth-order valence-electron chi connectivity index (χ4n) is 1.36. The van der Waals surface area contributed by atoms with Gasteiger partial charge < -0.3 is 0 Å². The van der Waals surface area contributed by atoms with E-state index in [1.807, 2.05) is 41.5 Å². The number of hydrogen-bond acceptors (Lipinski definition) is 2. The smallest absolute Gasteiger partial charge is 0.246 e. The second-order valence-electron chi connectivity index (χ2n) is 5.02. The molecule has 0 aliphatic carbocycles. The van der Waals surface area contributed by atoms with Crippen LogP contribution in [-0.2, 0) is 11.3 Å². The van der Waals surface area contributed by atoms with Crippen LogP contribution in [0.1, 0.15) is 41.5 Å². The van der Waals surface area contributed by atoms with Crippen LogP contribution in [-0.4, -0.2) is 24.8 Å². The molecular formula is C8H20N2O2S. The molecule has 1 unspecified atom stereocenters. The van der Waals surface area contributed by atoms with Gasteiger partial charge in [-0.3, -0.25) is 4.55 Å². The first kappa shape index (κ1) is 13.0. The van der Waals surface area contributed by atoms with E-state index in [9.17, 15) is 4.21 Å². The van der Waals surface area contributed by atoms with Crippen molar-refractivity contribution in [1.29, 1.82) is 0 Å². The van der Waals surface area contributed by atoms with Crippen molar-refractivity contribution in [3.05, 3.63) is 0 Å². The van der Waals surface area contributed by atoms with Crippen LogP contribution in [0.25, 0.3) is 0 Å². The predicted molar refractivity (Wildman–Crippen MR) is 55.3 cm³/mol. The van der Waals surface area contributed by atoms with Crippen LogP contribution < -0.4 is 4.83 Å². The lowest BCUT2D eigenvalue weighted by atomic mass is 9.99. The van der Waals surface area contributed by atoms with Gasteiger partial charge in [0.05, 0.1) is 0 Å². The summed E-state index contributed by atoms with van der Waals surface area (Å²) in [5, 5.41) is 1.77. The van der Waals surface area contributed by atoms with Crippen molar-refractivity contribution in [3.63, 3.8) is 0 Å². The minimum atomic E-state index is -2.01. The van der Waals surface area contributed by atoms with Crippen LogP contribution in [0, 0.1) is 0 Å². The number of rotatable bonds is 2. The van der Waals surface area contributed by atoms with E-state index in [0.29, 0.717) is 0 Å². The third-order valence-electron chi connectivity index (χ3n) is 1.51. The highest BCUT2D eigenvalue weighted by atomic mass is 32.2. The zero-order chi connectivity index (χ0) is 10.9. The first-order chi connectivity index (χ1) is 5.55. The zero-order valence-electron chi connectivity index (χ0n) is 9.21. The van der Waals surface area contributed by atoms with Gasteiger partial charge in [0.15, 0.2) is 0 Å². The maximum absolute atomic E-state index is 10.7. The number of hydrazine groups is 1. The Morgan fingerprint density at radius 2 is 1.38 bits per heavy atom. The lowest BCUT2D eigenvalue weighted by Crippen LogP contribution is -2.59. The van der Waals surface area contributed by atoms with Crippen LogP contribution in [0.15, 0.2) is 0 Å². The molecule has 0 aromatic rings. The SMILES string of the molecule is CC(C)(C)N(NS(=O)O)C(C)(C)C. The highest BCUT2D eigenvalue weighted by Crippen LogP contribution is 2.21. The Morgan fingerprint density at radius 3 is 1.46 bits per heavy atom. The minimum absolute atomic E-state index is 0.198. The van der Waals surface area contributed by atoms with Gasteiger partial charge >= 0.3 is 0 Å². The maximum atomic E-state index is 10.7. The monoisotopic (exact) mass is 208 g/mol. The van der Waals surface area contributed by atoms with E-state index in [1.165, 1.54) is 0 Å². The molecule has 0 heterocycles. The van der Waals surface area contributed by atoms with Gasteiger partial charge in [-0.05, 0) is 41.5 Å². The van der Waals surface area contributed by atoms with Crippen LogP contribution in [0.2, 0.25) is 0 Å². The molecule has 80 valence electrons. The summed E-state index contributed by atoms with van der Waals surface area (Å²) < 4.78 is 19.4. The predicted octanol–water partition coefficient (Wildman–Crippen LogP) is 1.53. The van der Waals surface area contributed by atoms with Gasteiger partial charge in [0.1, 0.15) is 0 Å². The number of hydrogen-bond donors (Lipinski definition) is 2. The Hall–Kier alpha value is 0.0300. The Morgan fingerprint density at radius 1 is 1.08 bits per heavy atom. The molecule has 0 aliphatic rings. The quantitative estimate of drug-likeness (QED) is 0.534. The Labute approximate surface area is 83.1 Å². The van der Waals surface area contributed by atoms with Gasteiger partial charge in [-0.15, -0.1) is 4.83 Å². The molecule has 4 nitrogen and oxygen atoms in total. The molecule has 0 rings (SSSR count). The molecule has 0 aromatic heterocycles. The van der Waals surface area contributed by atoms with Crippen molar-refractivity contribution in [2.24, 2.45) is 0 Å². The van der Waals surface area contributed by atoms with Crippen LogP contribution >= 0.6 is 0 Å². The molecule has 0 bridgehead atoms. The number of nitrogens with zero attached hydrogens (tertiary/aromatic N) is 1. The number of nitrogens with one attached hydrogen (secondary N) is 1. The molecule has 0 amide bonds. The molecule has 0 spiro atoms. The molecule has 0 saturated heterocycles. The van der Waals surface area contributed by atoms with Gasteiger partial charge in [-0.2, -0.15) is 0 Å². The third-order valence-corrected chi connectivity index (χ3v) is 1.85. The third kappa shape index (κ3) is 4.71. The zero-order valence-corrected chi connectivity index (χ0v) is 10.0. The topological polar surface area (TPSA) is 52.6 Å². The van der Waals surface area contributed by atoms with Gasteiger partial charge in [0, 0.05) is 11.1 Å². The van der Waals surface area contributed by atoms with Crippen LogP contribution in [0.4, 0.5) is 0 Å². The van der Waals surface area contributed by atoms with E-state index in [0.717, 1.165) is 0 Å². The fourth-order valence-corrected chi connectivity index (χ4v) is 2.06. The first-order valence-corrected chi connectivity index (χ1v) is 5.33. The Bertz CT molecular complexity index is 179. The standard InChI is InChI=1S/C8H20N2O2S/c1-7(2,3)10(8(4,5)6)9-13(11)12/h9H,1-6H3,(H,11,12). The van der Waals surface area contributed by atoms with E-state index >= 15 is 0 Å². The van der Waals surface area contributed by atoms with Gasteiger partial charge in [0.25, 0.3) is 0 Å². The summed E-state index contributed by atoms with van der Waals surface area (Å²) in [6.45, 7) is 11.9. The average Bonchev–Trinajstić information content (AvgIpc) is 1.77. The van der Waals surface area contributed by atoms with E-state index < -0.39 is 11.3 Å². The van der Waals surface area contributed by atoms with E-state index in [1.54, 1.807) is 5.01 Å². The normalized spacial score (nSPS) is 16.3. The van der Waals surface area contributed by atoms with Crippen molar-refractivity contribution in [2.45, 2.75) is 52.6 Å². The van der Waals surface area contributed by atoms with E-state index in [-0.39, 0.29) is 11.1 Å². The lowest BCUT2D eigenvalue weighted by Gasteiger charge is -2.43. The van der Waals surface area contributed by atoms with E-state index in [4.69, 9.17) is 4.55 Å². The molecule has 2 N–H and O–H groups in total. The average molecular weight is 208 g/mol. The molecule has 0 aromatic carbocycles. The van der Waals surface area contributed by atoms with Crippen molar-refractivity contribution in [1.82, 2.24) is 9.84 Å². The van der Waals surface area contributed by atoms with Crippen LogP contribution in [0.3, 0.4) is 0 Å². The largest absolute Gasteiger partial charge is 0.293 e. The lowest BCUT2D eigenvalue weighted by molar-refractivity contribution is 0.0139. The Kier molecular flexibility index (Phi) is 4.05. The maximum Gasteiger partial charge on any atom is 0.246 e. The summed E-state index contributed by atoms with van der Waals surface area (Å²) in [6.07, 6.45) is 0. The van der Waals surface area contributed by atoms with Crippen molar-refractivity contribution in [3.8, 4) is 0 Å². The first-order valence-electron chi connectivity index (χ1n) is 4.22. The summed E-state index contributed by atoms with van der Waals surface area (Å²) in [7, 11) is 0. The summed E-state index contributed by atoms with van der Waals surface area (Å²) in [5.41, 5.74) is -0.396. The highest BCUT2D eigenvalue weighted by molar-refractivity contribution is 7.77. The molecule has 1 atom stereocenters. The van der Waals surface area contributed by atoms with Crippen molar-refractivity contribution < 1.29 is 8.76 Å². The molecule has 5 heteroatoms. The van der Waals surface area contributed by atoms with Gasteiger partial charge in [0.2, 0.25) is 11.3 Å². The van der Waals surface area contributed by atoms with Gasteiger partial charge in [-0.25, -0.2) is 9.22 Å². The molecule has 0 radical (unpaired) electrons. The van der Waals surface area contributed by atoms with E-state index in [2.05, 4.69) is 4.83 Å². The summed E-state index contributed by atoms with van der Waals surface area (Å²) >= 11 is -2.01. The summed E-state index contributed by atoms with van der Waals surface area (Å²) in [5.74, 6) is 0. The summed E-state index contributed by atoms with van der Waals surface area (Å²) in [6, 6.07) is 0. The van der Waals surface area contributed by atoms with Gasteiger partial charge in [-0.1, -0.05) is 0 Å². The fraction of sp³-hybridized carbons (Fsp3) is 1.00. The molecule has 13 heavy (non-hydrogen) atoms. The highest BCUT2D eigenvalue weighted by Gasteiger charge is 2.32. The molecule has 0 saturated carbocycles. The second kappa shape index (κ2) is 4.04. The second-order valence-corrected chi connectivity index (χ2v) is 5.70. The molecular weight excluding hydrogens is 188 g/mol. The van der Waals surface area contributed by atoms with Crippen molar-refractivity contribution in [2.75, 3.05) is 0 Å². The minimum Gasteiger partial charge on any atom is -0.293 e. The van der Waals surface area contributed by atoms with Crippen molar-refractivity contribution >= 4 is 11.3 Å². The molecule has 0 fully saturated rings. The summed E-state index contributed by atoms with van der Waals surface area (Å²) in [4.78, 5) is 2.52. The Balaban J connectivity index is 4.68.